The molecule has 3 aromatic carbocycles. The second-order valence-electron chi connectivity index (χ2n) is 6.12. The number of carboxylic acid groups (broad SMARTS) is 1. The summed E-state index contributed by atoms with van der Waals surface area (Å²) in [4.78, 5) is 11.2. The third-order valence-corrected chi connectivity index (χ3v) is 4.53. The van der Waals surface area contributed by atoms with E-state index in [9.17, 15) is 14.3 Å². The van der Waals surface area contributed by atoms with Crippen molar-refractivity contribution in [1.29, 1.82) is 0 Å². The van der Waals surface area contributed by atoms with Crippen LogP contribution in [0.4, 0.5) is 10.1 Å². The molecule has 2 N–H and O–H groups in total. The first-order valence-corrected chi connectivity index (χ1v) is 9.22. The van der Waals surface area contributed by atoms with Gasteiger partial charge in [0, 0.05) is 5.56 Å². The van der Waals surface area contributed by atoms with E-state index in [0.717, 1.165) is 0 Å². The Balaban J connectivity index is 1.71. The van der Waals surface area contributed by atoms with Gasteiger partial charge in [0.15, 0.2) is 11.5 Å². The number of para-hydroxylation sites is 1. The van der Waals surface area contributed by atoms with Gasteiger partial charge in [-0.15, -0.1) is 0 Å². The summed E-state index contributed by atoms with van der Waals surface area (Å²) in [5.41, 5.74) is 4.14. The first-order valence-electron chi connectivity index (χ1n) is 8.84. The van der Waals surface area contributed by atoms with Gasteiger partial charge in [0.2, 0.25) is 0 Å². The van der Waals surface area contributed by atoms with E-state index in [4.69, 9.17) is 21.1 Å². The smallest absolute Gasteiger partial charge is 0.337 e. The SMILES string of the molecule is COc1cc(/C=N/Nc2ccccc2C(=O)O)ccc1OCc1c(F)cccc1Cl. The zero-order chi connectivity index (χ0) is 21.5. The Morgan fingerprint density at radius 1 is 1.17 bits per heavy atom. The normalized spacial score (nSPS) is 10.8. The first kappa shape index (κ1) is 21.1. The summed E-state index contributed by atoms with van der Waals surface area (Å²) in [6, 6.07) is 16.0. The van der Waals surface area contributed by atoms with Crippen LogP contribution in [-0.4, -0.2) is 24.4 Å². The number of methoxy groups -OCH3 is 1. The maximum Gasteiger partial charge on any atom is 0.337 e. The Kier molecular flexibility index (Phi) is 6.87. The highest BCUT2D eigenvalue weighted by Gasteiger charge is 2.11. The van der Waals surface area contributed by atoms with Gasteiger partial charge in [-0.05, 0) is 48.0 Å². The monoisotopic (exact) mass is 428 g/mol. The van der Waals surface area contributed by atoms with Gasteiger partial charge in [-0.2, -0.15) is 5.10 Å². The van der Waals surface area contributed by atoms with Crippen molar-refractivity contribution < 1.29 is 23.8 Å². The van der Waals surface area contributed by atoms with Crippen LogP contribution in [0, 0.1) is 5.82 Å². The van der Waals surface area contributed by atoms with Crippen LogP contribution in [0.25, 0.3) is 0 Å². The van der Waals surface area contributed by atoms with Gasteiger partial charge in [-0.25, -0.2) is 9.18 Å². The van der Waals surface area contributed by atoms with Crippen molar-refractivity contribution in [3.05, 3.63) is 88.2 Å². The van der Waals surface area contributed by atoms with Gasteiger partial charge in [0.25, 0.3) is 0 Å². The maximum atomic E-state index is 13.9. The molecule has 3 rings (SSSR count). The number of hydrogen-bond donors (Lipinski definition) is 2. The van der Waals surface area contributed by atoms with E-state index >= 15 is 0 Å². The van der Waals surface area contributed by atoms with E-state index in [2.05, 4.69) is 10.5 Å². The highest BCUT2D eigenvalue weighted by atomic mass is 35.5. The third-order valence-electron chi connectivity index (χ3n) is 4.18. The molecular formula is C22H18ClFN2O4. The van der Waals surface area contributed by atoms with E-state index in [1.54, 1.807) is 42.5 Å². The van der Waals surface area contributed by atoms with Crippen molar-refractivity contribution in [2.45, 2.75) is 6.61 Å². The number of hydrogen-bond acceptors (Lipinski definition) is 5. The fourth-order valence-corrected chi connectivity index (χ4v) is 2.86. The van der Waals surface area contributed by atoms with Crippen LogP contribution in [0.5, 0.6) is 11.5 Å². The lowest BCUT2D eigenvalue weighted by Gasteiger charge is -2.12. The van der Waals surface area contributed by atoms with Crippen molar-refractivity contribution >= 4 is 29.5 Å². The second-order valence-corrected chi connectivity index (χ2v) is 6.53. The number of aromatic carboxylic acids is 1. The van der Waals surface area contributed by atoms with Crippen molar-refractivity contribution in [1.82, 2.24) is 0 Å². The molecule has 0 saturated carbocycles. The molecule has 0 spiro atoms. The molecule has 0 aliphatic rings. The number of anilines is 1. The summed E-state index contributed by atoms with van der Waals surface area (Å²) in [6.07, 6.45) is 1.51. The minimum Gasteiger partial charge on any atom is -0.493 e. The molecule has 0 aliphatic carbocycles. The Bertz CT molecular complexity index is 1070. The number of carboxylic acids is 1. The number of hydrazone groups is 1. The minimum atomic E-state index is -1.05. The molecular weight excluding hydrogens is 411 g/mol. The van der Waals surface area contributed by atoms with E-state index in [0.29, 0.717) is 22.7 Å². The summed E-state index contributed by atoms with van der Waals surface area (Å²) in [5, 5.41) is 13.6. The quantitative estimate of drug-likeness (QED) is 0.380. The second kappa shape index (κ2) is 9.76. The molecule has 0 aromatic heterocycles. The predicted octanol–water partition coefficient (Wildman–Crippen LogP) is 5.21. The molecule has 0 unspecified atom stereocenters. The largest absolute Gasteiger partial charge is 0.493 e. The molecule has 0 fully saturated rings. The highest BCUT2D eigenvalue weighted by Crippen LogP contribution is 2.30. The average molecular weight is 429 g/mol. The summed E-state index contributed by atoms with van der Waals surface area (Å²) in [7, 11) is 1.49. The third kappa shape index (κ3) is 5.07. The topological polar surface area (TPSA) is 80.2 Å². The number of rotatable bonds is 8. The Morgan fingerprint density at radius 3 is 2.70 bits per heavy atom. The molecule has 0 aliphatic heterocycles. The Hall–Kier alpha value is -3.58. The van der Waals surface area contributed by atoms with E-state index < -0.39 is 11.8 Å². The zero-order valence-electron chi connectivity index (χ0n) is 15.9. The standard InChI is InChI=1S/C22H18ClFN2O4/c1-29-21-11-14(12-25-26-19-8-3-2-5-15(19)22(27)28)9-10-20(21)30-13-16-17(23)6-4-7-18(16)24/h2-12,26H,13H2,1H3,(H,27,28)/b25-12+. The summed E-state index contributed by atoms with van der Waals surface area (Å²) in [6.45, 7) is -0.0527. The molecule has 8 heteroatoms. The van der Waals surface area contributed by atoms with Crippen LogP contribution < -0.4 is 14.9 Å². The van der Waals surface area contributed by atoms with Crippen LogP contribution in [0.2, 0.25) is 5.02 Å². The van der Waals surface area contributed by atoms with Gasteiger partial charge in [0.1, 0.15) is 12.4 Å². The maximum absolute atomic E-state index is 13.9. The van der Waals surface area contributed by atoms with E-state index in [-0.39, 0.29) is 22.8 Å². The molecule has 0 atom stereocenters. The lowest BCUT2D eigenvalue weighted by atomic mass is 10.2. The van der Waals surface area contributed by atoms with E-state index in [1.807, 2.05) is 0 Å². The molecule has 0 amide bonds. The lowest BCUT2D eigenvalue weighted by Crippen LogP contribution is -2.02. The fourth-order valence-electron chi connectivity index (χ4n) is 2.65. The number of ether oxygens (including phenoxy) is 2. The summed E-state index contributed by atoms with van der Waals surface area (Å²) >= 11 is 6.02. The molecule has 0 radical (unpaired) electrons. The van der Waals surface area contributed by atoms with Gasteiger partial charge in [-0.3, -0.25) is 5.43 Å². The van der Waals surface area contributed by atoms with Crippen molar-refractivity contribution in [3.63, 3.8) is 0 Å². The van der Waals surface area contributed by atoms with Crippen LogP contribution in [0.15, 0.2) is 65.8 Å². The van der Waals surface area contributed by atoms with Gasteiger partial charge in [0.05, 0.1) is 29.6 Å². The predicted molar refractivity (Wildman–Crippen MR) is 113 cm³/mol. The van der Waals surface area contributed by atoms with Gasteiger partial charge < -0.3 is 14.6 Å². The van der Waals surface area contributed by atoms with Crippen molar-refractivity contribution in [3.8, 4) is 11.5 Å². The molecule has 30 heavy (non-hydrogen) atoms. The Morgan fingerprint density at radius 2 is 1.97 bits per heavy atom. The molecule has 6 nitrogen and oxygen atoms in total. The van der Waals surface area contributed by atoms with Crippen LogP contribution >= 0.6 is 11.6 Å². The van der Waals surface area contributed by atoms with Crippen LogP contribution in [0.1, 0.15) is 21.5 Å². The highest BCUT2D eigenvalue weighted by molar-refractivity contribution is 6.31. The summed E-state index contributed by atoms with van der Waals surface area (Å²) < 4.78 is 24.9. The number of carbonyl (C=O) groups is 1. The Labute approximate surface area is 177 Å². The zero-order valence-corrected chi connectivity index (χ0v) is 16.7. The van der Waals surface area contributed by atoms with Gasteiger partial charge >= 0.3 is 5.97 Å². The number of nitrogens with zero attached hydrogens (tertiary/aromatic N) is 1. The number of halogens is 2. The molecule has 0 bridgehead atoms. The van der Waals surface area contributed by atoms with Crippen LogP contribution in [-0.2, 0) is 6.61 Å². The minimum absolute atomic E-state index is 0.0527. The molecule has 0 saturated heterocycles. The van der Waals surface area contributed by atoms with E-state index in [1.165, 1.54) is 31.5 Å². The number of benzene rings is 3. The molecule has 3 aromatic rings. The molecule has 0 heterocycles. The van der Waals surface area contributed by atoms with Crippen molar-refractivity contribution in [2.75, 3.05) is 12.5 Å². The molecule has 154 valence electrons. The summed E-state index contributed by atoms with van der Waals surface area (Å²) in [5.74, 6) is -0.653. The number of nitrogens with one attached hydrogen (secondary N) is 1. The lowest BCUT2D eigenvalue weighted by molar-refractivity contribution is 0.0698. The van der Waals surface area contributed by atoms with Gasteiger partial charge in [-0.1, -0.05) is 29.8 Å². The van der Waals surface area contributed by atoms with Crippen molar-refractivity contribution in [2.24, 2.45) is 5.10 Å². The average Bonchev–Trinajstić information content (AvgIpc) is 2.74. The van der Waals surface area contributed by atoms with Crippen LogP contribution in [0.3, 0.4) is 0 Å². The first-order chi connectivity index (χ1) is 14.5. The fraction of sp³-hybridized carbons (Fsp3) is 0.0909.